The van der Waals surface area contributed by atoms with Crippen LogP contribution in [0.3, 0.4) is 0 Å². The van der Waals surface area contributed by atoms with Gasteiger partial charge in [0, 0.05) is 17.6 Å². The van der Waals surface area contributed by atoms with Gasteiger partial charge in [0.1, 0.15) is 0 Å². The van der Waals surface area contributed by atoms with Gasteiger partial charge in [0.15, 0.2) is 5.13 Å². The van der Waals surface area contributed by atoms with Crippen LogP contribution in [0.2, 0.25) is 5.02 Å². The molecule has 9 heteroatoms. The first-order valence-corrected chi connectivity index (χ1v) is 12.7. The molecule has 2 aromatic rings. The van der Waals surface area contributed by atoms with E-state index in [0.29, 0.717) is 17.6 Å². The summed E-state index contributed by atoms with van der Waals surface area (Å²) in [6, 6.07) is 7.96. The average molecular weight is 482 g/mol. The number of carbonyl (C=O) groups is 2. The zero-order chi connectivity index (χ0) is 22.2. The number of aliphatic carboxylic acids is 1. The van der Waals surface area contributed by atoms with Crippen LogP contribution in [0.25, 0.3) is 0 Å². The molecular weight excluding hydrogens is 454 g/mol. The second kappa shape index (κ2) is 11.7. The second-order valence-electron chi connectivity index (χ2n) is 7.93. The van der Waals surface area contributed by atoms with Crippen molar-refractivity contribution in [2.24, 2.45) is 5.92 Å². The van der Waals surface area contributed by atoms with E-state index in [1.54, 1.807) is 6.20 Å². The predicted molar refractivity (Wildman–Crippen MR) is 127 cm³/mol. The van der Waals surface area contributed by atoms with Gasteiger partial charge in [0.05, 0.1) is 16.2 Å². The van der Waals surface area contributed by atoms with Gasteiger partial charge < -0.3 is 10.0 Å². The van der Waals surface area contributed by atoms with Crippen molar-refractivity contribution in [1.82, 2.24) is 9.88 Å². The van der Waals surface area contributed by atoms with Gasteiger partial charge in [-0.15, -0.1) is 11.8 Å². The number of nitrogens with zero attached hydrogens (tertiary/aromatic N) is 2. The average Bonchev–Trinajstić information content (AvgIpc) is 3.19. The molecule has 0 radical (unpaired) electrons. The molecule has 2 amide bonds. The molecule has 1 aliphatic carbocycles. The number of urea groups is 1. The predicted octanol–water partition coefficient (Wildman–Crippen LogP) is 6.02. The van der Waals surface area contributed by atoms with E-state index in [9.17, 15) is 9.59 Å². The Bertz CT molecular complexity index is 867. The molecule has 1 fully saturated rings. The fraction of sp³-hybridized carbons (Fsp3) is 0.500. The van der Waals surface area contributed by atoms with Gasteiger partial charge in [-0.1, -0.05) is 42.0 Å². The number of carboxylic acid groups (broad SMARTS) is 1. The molecule has 0 aliphatic heterocycles. The topological polar surface area (TPSA) is 82.5 Å². The summed E-state index contributed by atoms with van der Waals surface area (Å²) in [6.45, 7) is 2.95. The molecule has 0 spiro atoms. The van der Waals surface area contributed by atoms with Gasteiger partial charge in [-0.3, -0.25) is 10.1 Å². The number of rotatable bonds is 9. The second-order valence-corrected chi connectivity index (χ2v) is 10.7. The SMILES string of the molecule is CC1CCC(N(CCCc2ccc(Cl)cc2)C(=O)Nc2ncc(SCC(=O)O)s2)CC1. The Morgan fingerprint density at radius 1 is 1.26 bits per heavy atom. The van der Waals surface area contributed by atoms with Crippen molar-refractivity contribution < 1.29 is 14.7 Å². The van der Waals surface area contributed by atoms with Crippen molar-refractivity contribution in [3.05, 3.63) is 41.0 Å². The number of nitrogens with one attached hydrogen (secondary N) is 1. The summed E-state index contributed by atoms with van der Waals surface area (Å²) in [7, 11) is 0. The maximum absolute atomic E-state index is 13.1. The number of benzene rings is 1. The Balaban J connectivity index is 1.60. The lowest BCUT2D eigenvalue weighted by molar-refractivity contribution is -0.133. The van der Waals surface area contributed by atoms with E-state index in [4.69, 9.17) is 16.7 Å². The quantitative estimate of drug-likeness (QED) is 0.428. The summed E-state index contributed by atoms with van der Waals surface area (Å²) >= 11 is 8.48. The smallest absolute Gasteiger partial charge is 0.323 e. The Morgan fingerprint density at radius 2 is 1.97 bits per heavy atom. The maximum atomic E-state index is 13.1. The van der Waals surface area contributed by atoms with Gasteiger partial charge in [-0.2, -0.15) is 0 Å². The molecule has 6 nitrogen and oxygen atoms in total. The van der Waals surface area contributed by atoms with Crippen LogP contribution in [0.15, 0.2) is 34.7 Å². The Morgan fingerprint density at radius 3 is 2.65 bits per heavy atom. The van der Waals surface area contributed by atoms with E-state index >= 15 is 0 Å². The van der Waals surface area contributed by atoms with Crippen molar-refractivity contribution in [3.8, 4) is 0 Å². The number of hydrogen-bond donors (Lipinski definition) is 2. The van der Waals surface area contributed by atoms with Gasteiger partial charge in [0.2, 0.25) is 0 Å². The van der Waals surface area contributed by atoms with Crippen LogP contribution in [-0.2, 0) is 11.2 Å². The third kappa shape index (κ3) is 7.70. The van der Waals surface area contributed by atoms with Crippen molar-refractivity contribution in [1.29, 1.82) is 0 Å². The molecule has 0 unspecified atom stereocenters. The molecule has 168 valence electrons. The monoisotopic (exact) mass is 481 g/mol. The van der Waals surface area contributed by atoms with Crippen LogP contribution in [0, 0.1) is 5.92 Å². The first-order chi connectivity index (χ1) is 14.9. The first kappa shape index (κ1) is 23.9. The highest BCUT2D eigenvalue weighted by atomic mass is 35.5. The van der Waals surface area contributed by atoms with Crippen molar-refractivity contribution in [2.75, 3.05) is 17.6 Å². The highest BCUT2D eigenvalue weighted by molar-refractivity contribution is 8.01. The minimum absolute atomic E-state index is 0.0212. The van der Waals surface area contributed by atoms with Crippen LogP contribution in [0.1, 0.15) is 44.6 Å². The fourth-order valence-electron chi connectivity index (χ4n) is 3.79. The van der Waals surface area contributed by atoms with Gasteiger partial charge in [-0.05, 0) is 62.1 Å². The minimum atomic E-state index is -0.873. The molecular formula is C22H28ClN3O3S2. The summed E-state index contributed by atoms with van der Waals surface area (Å²) in [5.41, 5.74) is 1.21. The van der Waals surface area contributed by atoms with E-state index in [2.05, 4.69) is 17.2 Å². The number of thioether (sulfide) groups is 1. The zero-order valence-electron chi connectivity index (χ0n) is 17.6. The Hall–Kier alpha value is -1.77. The molecule has 2 N–H and O–H groups in total. The third-order valence-corrected chi connectivity index (χ3v) is 7.85. The first-order valence-electron chi connectivity index (χ1n) is 10.5. The number of aryl methyl sites for hydroxylation is 1. The van der Waals surface area contributed by atoms with E-state index in [1.165, 1.54) is 28.7 Å². The van der Waals surface area contributed by atoms with Crippen molar-refractivity contribution in [2.45, 2.75) is 55.7 Å². The number of hydrogen-bond acceptors (Lipinski definition) is 5. The third-order valence-electron chi connectivity index (χ3n) is 5.50. The summed E-state index contributed by atoms with van der Waals surface area (Å²) in [4.78, 5) is 30.1. The normalized spacial score (nSPS) is 18.5. The molecule has 1 heterocycles. The molecule has 0 saturated heterocycles. The lowest BCUT2D eigenvalue weighted by Crippen LogP contribution is -2.45. The van der Waals surface area contributed by atoms with E-state index in [1.807, 2.05) is 29.2 Å². The number of carbonyl (C=O) groups excluding carboxylic acids is 1. The lowest BCUT2D eigenvalue weighted by atomic mass is 9.86. The fourth-order valence-corrected chi connectivity index (χ4v) is 5.50. The molecule has 1 aromatic heterocycles. The van der Waals surface area contributed by atoms with E-state index in [0.717, 1.165) is 47.8 Å². The number of anilines is 1. The van der Waals surface area contributed by atoms with Crippen LogP contribution in [0.5, 0.6) is 0 Å². The number of aromatic nitrogens is 1. The van der Waals surface area contributed by atoms with Crippen LogP contribution < -0.4 is 5.32 Å². The van der Waals surface area contributed by atoms with Gasteiger partial charge >= 0.3 is 12.0 Å². The van der Waals surface area contributed by atoms with Crippen molar-refractivity contribution in [3.63, 3.8) is 0 Å². The largest absolute Gasteiger partial charge is 0.481 e. The summed E-state index contributed by atoms with van der Waals surface area (Å²) in [5.74, 6) is -0.183. The molecule has 1 aliphatic rings. The number of amides is 2. The maximum Gasteiger partial charge on any atom is 0.323 e. The standard InChI is InChI=1S/C22H28ClN3O3S2/c1-15-4-10-18(11-5-15)26(12-2-3-16-6-8-17(23)9-7-16)22(29)25-21-24-13-20(31-21)30-14-19(27)28/h6-9,13,15,18H,2-5,10-12,14H2,1H3,(H,27,28)(H,24,25,29). The highest BCUT2D eigenvalue weighted by Gasteiger charge is 2.27. The van der Waals surface area contributed by atoms with E-state index in [-0.39, 0.29) is 17.8 Å². The molecule has 3 rings (SSSR count). The van der Waals surface area contributed by atoms with Gasteiger partial charge in [0.25, 0.3) is 0 Å². The Labute approximate surface area is 196 Å². The van der Waals surface area contributed by atoms with Crippen LogP contribution in [0.4, 0.5) is 9.93 Å². The molecule has 0 bridgehead atoms. The van der Waals surface area contributed by atoms with Crippen LogP contribution >= 0.6 is 34.7 Å². The zero-order valence-corrected chi connectivity index (χ0v) is 19.9. The summed E-state index contributed by atoms with van der Waals surface area (Å²) < 4.78 is 0.776. The van der Waals surface area contributed by atoms with Crippen LogP contribution in [-0.4, -0.2) is 45.3 Å². The number of halogens is 1. The summed E-state index contributed by atoms with van der Waals surface area (Å²) in [5, 5.41) is 13.0. The number of thiazole rings is 1. The Kier molecular flexibility index (Phi) is 9.04. The van der Waals surface area contributed by atoms with E-state index < -0.39 is 5.97 Å². The number of carboxylic acids is 1. The minimum Gasteiger partial charge on any atom is -0.481 e. The molecule has 1 saturated carbocycles. The summed E-state index contributed by atoms with van der Waals surface area (Å²) in [6.07, 6.45) is 7.69. The van der Waals surface area contributed by atoms with Crippen molar-refractivity contribution >= 4 is 51.8 Å². The molecule has 0 atom stereocenters. The van der Waals surface area contributed by atoms with Gasteiger partial charge in [-0.25, -0.2) is 9.78 Å². The molecule has 31 heavy (non-hydrogen) atoms. The highest BCUT2D eigenvalue weighted by Crippen LogP contribution is 2.30. The lowest BCUT2D eigenvalue weighted by Gasteiger charge is -2.36. The molecule has 1 aromatic carbocycles.